The number of esters is 2. The molecule has 0 aromatic carbocycles. The van der Waals surface area contributed by atoms with E-state index in [1.807, 2.05) is 6.08 Å². The highest BCUT2D eigenvalue weighted by molar-refractivity contribution is 5.70. The molecule has 1 aliphatic rings. The zero-order chi connectivity index (χ0) is 41.6. The topological polar surface area (TPSA) is 152 Å². The molecule has 57 heavy (non-hydrogen) atoms. The number of hydrogen-bond acceptors (Lipinski definition) is 10. The second kappa shape index (κ2) is 37.2. The van der Waals surface area contributed by atoms with Gasteiger partial charge in [-0.05, 0) is 89.9 Å². The Morgan fingerprint density at radius 2 is 0.982 bits per heavy atom. The number of ether oxygens (including phenoxy) is 4. The SMILES string of the molecule is CCCCC/C=C/C/C=C/C/C=C/C/C=C/CCCC(=O)O[C@H](COC(=O)CCCC/C=C/C/C=C/C/C=C/CCCCC)CO[C@@H]1O[C@H](CO)[C@H](O)C(O)C1O. The molecule has 1 fully saturated rings. The van der Waals surface area contributed by atoms with Crippen molar-refractivity contribution in [1.82, 2.24) is 0 Å². The summed E-state index contributed by atoms with van der Waals surface area (Å²) < 4.78 is 22.0. The molecule has 10 nitrogen and oxygen atoms in total. The smallest absolute Gasteiger partial charge is 0.306 e. The highest BCUT2D eigenvalue weighted by Crippen LogP contribution is 2.22. The van der Waals surface area contributed by atoms with Crippen LogP contribution >= 0.6 is 0 Å². The van der Waals surface area contributed by atoms with Gasteiger partial charge in [0.05, 0.1) is 13.2 Å². The summed E-state index contributed by atoms with van der Waals surface area (Å²) in [5.41, 5.74) is 0. The van der Waals surface area contributed by atoms with E-state index in [2.05, 4.69) is 92.8 Å². The lowest BCUT2D eigenvalue weighted by molar-refractivity contribution is -0.305. The van der Waals surface area contributed by atoms with Crippen molar-refractivity contribution in [2.24, 2.45) is 0 Å². The molecule has 0 aromatic rings. The van der Waals surface area contributed by atoms with Crippen LogP contribution in [0.1, 0.15) is 142 Å². The van der Waals surface area contributed by atoms with Gasteiger partial charge < -0.3 is 39.4 Å². The van der Waals surface area contributed by atoms with Crippen molar-refractivity contribution in [3.8, 4) is 0 Å². The highest BCUT2D eigenvalue weighted by atomic mass is 16.7. The number of carbonyl (C=O) groups excluding carboxylic acids is 2. The van der Waals surface area contributed by atoms with Gasteiger partial charge in [0.2, 0.25) is 0 Å². The van der Waals surface area contributed by atoms with E-state index in [4.69, 9.17) is 18.9 Å². The van der Waals surface area contributed by atoms with Crippen LogP contribution in [-0.4, -0.2) is 89.0 Å². The van der Waals surface area contributed by atoms with E-state index in [-0.39, 0.29) is 26.1 Å². The number of carbonyl (C=O) groups is 2. The van der Waals surface area contributed by atoms with Crippen molar-refractivity contribution in [3.63, 3.8) is 0 Å². The van der Waals surface area contributed by atoms with Gasteiger partial charge in [-0.3, -0.25) is 9.59 Å². The van der Waals surface area contributed by atoms with Gasteiger partial charge in [-0.1, -0.05) is 125 Å². The Bertz CT molecular complexity index is 1200. The molecule has 6 atom stereocenters. The molecule has 1 saturated heterocycles. The minimum Gasteiger partial charge on any atom is -0.462 e. The van der Waals surface area contributed by atoms with Crippen LogP contribution in [0.25, 0.3) is 0 Å². The molecule has 1 heterocycles. The summed E-state index contributed by atoms with van der Waals surface area (Å²) in [5.74, 6) is -0.927. The molecule has 4 N–H and O–H groups in total. The van der Waals surface area contributed by atoms with Crippen molar-refractivity contribution in [2.75, 3.05) is 19.8 Å². The molecule has 0 amide bonds. The van der Waals surface area contributed by atoms with Gasteiger partial charge in [0.1, 0.15) is 31.0 Å². The fourth-order valence-corrected chi connectivity index (χ4v) is 5.77. The van der Waals surface area contributed by atoms with Gasteiger partial charge in [-0.25, -0.2) is 0 Å². The van der Waals surface area contributed by atoms with E-state index in [1.165, 1.54) is 38.5 Å². The lowest BCUT2D eigenvalue weighted by Crippen LogP contribution is -2.59. The zero-order valence-corrected chi connectivity index (χ0v) is 35.0. The zero-order valence-electron chi connectivity index (χ0n) is 35.0. The predicted molar refractivity (Wildman–Crippen MR) is 228 cm³/mol. The van der Waals surface area contributed by atoms with Crippen LogP contribution in [0.2, 0.25) is 0 Å². The van der Waals surface area contributed by atoms with Gasteiger partial charge in [0.15, 0.2) is 12.4 Å². The Morgan fingerprint density at radius 1 is 0.544 bits per heavy atom. The van der Waals surface area contributed by atoms with Crippen LogP contribution in [0.4, 0.5) is 0 Å². The largest absolute Gasteiger partial charge is 0.462 e. The fraction of sp³-hybridized carbons (Fsp3) is 0.660. The summed E-state index contributed by atoms with van der Waals surface area (Å²) in [5, 5.41) is 40.0. The summed E-state index contributed by atoms with van der Waals surface area (Å²) in [6.07, 6.45) is 40.2. The van der Waals surface area contributed by atoms with E-state index in [0.29, 0.717) is 19.3 Å². The number of unbranched alkanes of at least 4 members (excludes halogenated alkanes) is 9. The second-order valence-electron chi connectivity index (χ2n) is 14.4. The maximum Gasteiger partial charge on any atom is 0.306 e. The quantitative estimate of drug-likeness (QED) is 0.0282. The third kappa shape index (κ3) is 28.9. The Balaban J connectivity index is 2.44. The summed E-state index contributed by atoms with van der Waals surface area (Å²) in [6, 6.07) is 0. The lowest BCUT2D eigenvalue weighted by atomic mass is 9.99. The Labute approximate surface area is 344 Å². The molecular weight excluding hydrogens is 725 g/mol. The van der Waals surface area contributed by atoms with Crippen LogP contribution in [0, 0.1) is 0 Å². The monoisotopic (exact) mass is 801 g/mol. The van der Waals surface area contributed by atoms with Crippen LogP contribution in [-0.2, 0) is 28.5 Å². The second-order valence-corrected chi connectivity index (χ2v) is 14.4. The van der Waals surface area contributed by atoms with E-state index in [9.17, 15) is 30.0 Å². The number of aliphatic hydroxyl groups excluding tert-OH is 4. The molecule has 2 unspecified atom stereocenters. The molecule has 324 valence electrons. The molecule has 0 aromatic heterocycles. The standard InChI is InChI=1S/C47H76O10/c1-3-5-7-9-11-13-15-17-19-20-22-24-26-28-30-32-34-36-43(50)56-40(39-55-47-46(53)45(52)44(51)41(37-48)57-47)38-54-42(49)35-33-31-29-27-25-23-21-18-16-14-12-10-8-6-4-2/h11-14,17-19,21-22,24-25,27-28,30,40-41,44-48,51-53H,3-10,15-16,20,23,26,29,31-39H2,1-2H3/b13-11+,14-12+,19-17+,21-18+,24-22+,27-25+,30-28+/t40-,41-,44+,45?,46?,47-/m1/s1. The number of aliphatic hydroxyl groups is 4. The number of allylic oxidation sites excluding steroid dienone is 14. The van der Waals surface area contributed by atoms with E-state index < -0.39 is 55.4 Å². The van der Waals surface area contributed by atoms with Crippen LogP contribution in [0.15, 0.2) is 85.1 Å². The first-order valence-electron chi connectivity index (χ1n) is 21.7. The van der Waals surface area contributed by atoms with Crippen molar-refractivity contribution in [2.45, 2.75) is 179 Å². The van der Waals surface area contributed by atoms with Gasteiger partial charge >= 0.3 is 11.9 Å². The molecule has 10 heteroatoms. The summed E-state index contributed by atoms with van der Waals surface area (Å²) in [4.78, 5) is 25.3. The molecule has 0 aliphatic carbocycles. The van der Waals surface area contributed by atoms with Crippen molar-refractivity contribution in [1.29, 1.82) is 0 Å². The highest BCUT2D eigenvalue weighted by Gasteiger charge is 2.44. The van der Waals surface area contributed by atoms with E-state index >= 15 is 0 Å². The van der Waals surface area contributed by atoms with Crippen LogP contribution in [0.5, 0.6) is 0 Å². The maximum absolute atomic E-state index is 12.7. The molecule has 0 spiro atoms. The third-order valence-electron chi connectivity index (χ3n) is 9.25. The van der Waals surface area contributed by atoms with E-state index in [1.54, 1.807) is 0 Å². The normalized spacial score (nSPS) is 21.1. The van der Waals surface area contributed by atoms with Crippen molar-refractivity contribution in [3.05, 3.63) is 85.1 Å². The molecule has 0 bridgehead atoms. The van der Waals surface area contributed by atoms with E-state index in [0.717, 1.165) is 57.8 Å². The maximum atomic E-state index is 12.7. The Hall–Kier alpha value is -3.12. The summed E-state index contributed by atoms with van der Waals surface area (Å²) >= 11 is 0. The van der Waals surface area contributed by atoms with Crippen molar-refractivity contribution >= 4 is 11.9 Å². The number of rotatable bonds is 34. The van der Waals surface area contributed by atoms with Gasteiger partial charge in [0, 0.05) is 12.8 Å². The first kappa shape index (κ1) is 51.9. The van der Waals surface area contributed by atoms with Crippen LogP contribution in [0.3, 0.4) is 0 Å². The molecule has 0 saturated carbocycles. The molecule has 1 aliphatic heterocycles. The van der Waals surface area contributed by atoms with Gasteiger partial charge in [-0.15, -0.1) is 0 Å². The average molecular weight is 801 g/mol. The lowest BCUT2D eigenvalue weighted by Gasteiger charge is -2.39. The Morgan fingerprint density at radius 3 is 1.46 bits per heavy atom. The van der Waals surface area contributed by atoms with Crippen LogP contribution < -0.4 is 0 Å². The van der Waals surface area contributed by atoms with Gasteiger partial charge in [-0.2, -0.15) is 0 Å². The fourth-order valence-electron chi connectivity index (χ4n) is 5.77. The Kier molecular flexibility index (Phi) is 33.8. The summed E-state index contributed by atoms with van der Waals surface area (Å²) in [7, 11) is 0. The third-order valence-corrected chi connectivity index (χ3v) is 9.25. The minimum absolute atomic E-state index is 0.141. The molecule has 1 rings (SSSR count). The first-order chi connectivity index (χ1) is 27.8. The van der Waals surface area contributed by atoms with Crippen molar-refractivity contribution < 1.29 is 49.0 Å². The minimum atomic E-state index is -1.61. The average Bonchev–Trinajstić information content (AvgIpc) is 3.21. The number of hydrogen-bond donors (Lipinski definition) is 4. The first-order valence-corrected chi connectivity index (χ1v) is 21.7. The molecular formula is C47H76O10. The summed E-state index contributed by atoms with van der Waals surface area (Å²) in [6.45, 7) is 3.24. The molecule has 0 radical (unpaired) electrons. The van der Waals surface area contributed by atoms with Gasteiger partial charge in [0.25, 0.3) is 0 Å². The predicted octanol–water partition coefficient (Wildman–Crippen LogP) is 8.99.